The van der Waals surface area contributed by atoms with Crippen LogP contribution in [0.1, 0.15) is 41.1 Å². The van der Waals surface area contributed by atoms with Crippen molar-refractivity contribution in [1.82, 2.24) is 4.90 Å². The van der Waals surface area contributed by atoms with E-state index in [9.17, 15) is 4.79 Å². The number of carbonyl (C=O) groups excluding carboxylic acids is 1. The van der Waals surface area contributed by atoms with Crippen LogP contribution in [-0.4, -0.2) is 37.6 Å². The lowest BCUT2D eigenvalue weighted by atomic mass is 10.0. The van der Waals surface area contributed by atoms with Crippen LogP contribution in [0.3, 0.4) is 0 Å². The molecule has 1 fully saturated rings. The number of hydrogen-bond donors (Lipinski definition) is 1. The minimum absolute atomic E-state index is 0.303. The Bertz CT molecular complexity index is 470. The zero-order chi connectivity index (χ0) is 14.7. The standard InChI is InChI=1S/C15H24N2O3/c1-10-7-12(20-14(10)15(18)19-3)9-17(2)13-6-4-5-11(13)8-16/h7,11,13H,4-6,8-9,16H2,1-3H3. The van der Waals surface area contributed by atoms with E-state index < -0.39 is 5.97 Å². The average Bonchev–Trinajstić information content (AvgIpc) is 3.04. The first kappa shape index (κ1) is 15.1. The fourth-order valence-corrected chi connectivity index (χ4v) is 3.16. The largest absolute Gasteiger partial charge is 0.463 e. The molecule has 1 aliphatic rings. The fraction of sp³-hybridized carbons (Fsp3) is 0.667. The van der Waals surface area contributed by atoms with E-state index in [2.05, 4.69) is 11.9 Å². The molecular formula is C15H24N2O3. The van der Waals surface area contributed by atoms with E-state index in [4.69, 9.17) is 14.9 Å². The van der Waals surface area contributed by atoms with Gasteiger partial charge in [-0.05, 0) is 45.3 Å². The zero-order valence-corrected chi connectivity index (χ0v) is 12.5. The molecule has 0 spiro atoms. The number of rotatable bonds is 5. The molecule has 5 nitrogen and oxygen atoms in total. The Morgan fingerprint density at radius 1 is 1.55 bits per heavy atom. The molecule has 2 N–H and O–H groups in total. The summed E-state index contributed by atoms with van der Waals surface area (Å²) in [5, 5.41) is 0. The number of furan rings is 1. The molecule has 0 amide bonds. The Hall–Kier alpha value is -1.33. The number of nitrogens with zero attached hydrogens (tertiary/aromatic N) is 1. The summed E-state index contributed by atoms with van der Waals surface area (Å²) >= 11 is 0. The van der Waals surface area contributed by atoms with Crippen molar-refractivity contribution >= 4 is 5.97 Å². The third kappa shape index (κ3) is 3.04. The van der Waals surface area contributed by atoms with Gasteiger partial charge in [0.2, 0.25) is 5.76 Å². The van der Waals surface area contributed by atoms with Gasteiger partial charge in [0.05, 0.1) is 13.7 Å². The minimum Gasteiger partial charge on any atom is -0.463 e. The number of methoxy groups -OCH3 is 1. The van der Waals surface area contributed by atoms with E-state index in [1.165, 1.54) is 26.4 Å². The topological polar surface area (TPSA) is 68.7 Å². The van der Waals surface area contributed by atoms with Crippen molar-refractivity contribution in [3.05, 3.63) is 23.2 Å². The highest BCUT2D eigenvalue weighted by atomic mass is 16.5. The molecular weight excluding hydrogens is 256 g/mol. The van der Waals surface area contributed by atoms with Gasteiger partial charge < -0.3 is 14.9 Å². The van der Waals surface area contributed by atoms with Crippen LogP contribution in [0.15, 0.2) is 10.5 Å². The second kappa shape index (κ2) is 6.41. The van der Waals surface area contributed by atoms with Crippen LogP contribution >= 0.6 is 0 Å². The second-order valence-electron chi connectivity index (χ2n) is 5.63. The molecule has 0 aliphatic heterocycles. The van der Waals surface area contributed by atoms with Gasteiger partial charge in [-0.3, -0.25) is 4.90 Å². The highest BCUT2D eigenvalue weighted by Crippen LogP contribution is 2.29. The lowest BCUT2D eigenvalue weighted by Crippen LogP contribution is -2.37. The molecule has 0 bridgehead atoms. The maximum atomic E-state index is 11.5. The van der Waals surface area contributed by atoms with Gasteiger partial charge in [-0.25, -0.2) is 4.79 Å². The van der Waals surface area contributed by atoms with Gasteiger partial charge in [0, 0.05) is 11.6 Å². The zero-order valence-electron chi connectivity index (χ0n) is 12.5. The van der Waals surface area contributed by atoms with E-state index >= 15 is 0 Å². The number of carbonyl (C=O) groups is 1. The summed E-state index contributed by atoms with van der Waals surface area (Å²) in [7, 11) is 3.45. The quantitative estimate of drug-likeness (QED) is 0.835. The Morgan fingerprint density at radius 2 is 2.30 bits per heavy atom. The molecule has 1 aromatic heterocycles. The van der Waals surface area contributed by atoms with Crippen LogP contribution in [0.5, 0.6) is 0 Å². The van der Waals surface area contributed by atoms with Crippen molar-refractivity contribution in [3.63, 3.8) is 0 Å². The van der Waals surface area contributed by atoms with Crippen molar-refractivity contribution in [2.24, 2.45) is 11.7 Å². The third-order valence-electron chi connectivity index (χ3n) is 4.23. The third-order valence-corrected chi connectivity index (χ3v) is 4.23. The Balaban J connectivity index is 2.04. The van der Waals surface area contributed by atoms with Gasteiger partial charge in [0.1, 0.15) is 5.76 Å². The van der Waals surface area contributed by atoms with Crippen LogP contribution in [0.4, 0.5) is 0 Å². The average molecular weight is 280 g/mol. The Labute approximate surface area is 120 Å². The van der Waals surface area contributed by atoms with E-state index in [0.717, 1.165) is 17.9 Å². The molecule has 1 aromatic rings. The summed E-state index contributed by atoms with van der Waals surface area (Å²) in [6.45, 7) is 3.29. The molecule has 0 aromatic carbocycles. The predicted molar refractivity (Wildman–Crippen MR) is 76.4 cm³/mol. The van der Waals surface area contributed by atoms with Crippen LogP contribution in [0, 0.1) is 12.8 Å². The summed E-state index contributed by atoms with van der Waals surface area (Å²) in [6, 6.07) is 2.42. The molecule has 112 valence electrons. The summed E-state index contributed by atoms with van der Waals surface area (Å²) in [4.78, 5) is 13.8. The lowest BCUT2D eigenvalue weighted by Gasteiger charge is -2.28. The van der Waals surface area contributed by atoms with Gasteiger partial charge >= 0.3 is 5.97 Å². The molecule has 0 saturated heterocycles. The number of hydrogen-bond acceptors (Lipinski definition) is 5. The highest BCUT2D eigenvalue weighted by molar-refractivity contribution is 5.87. The van der Waals surface area contributed by atoms with Crippen LogP contribution in [-0.2, 0) is 11.3 Å². The lowest BCUT2D eigenvalue weighted by molar-refractivity contribution is 0.0559. The Morgan fingerprint density at radius 3 is 2.95 bits per heavy atom. The molecule has 2 atom stereocenters. The van der Waals surface area contributed by atoms with Crippen molar-refractivity contribution in [2.75, 3.05) is 20.7 Å². The van der Waals surface area contributed by atoms with Crippen molar-refractivity contribution in [3.8, 4) is 0 Å². The normalized spacial score (nSPS) is 22.4. The van der Waals surface area contributed by atoms with E-state index in [0.29, 0.717) is 24.3 Å². The highest BCUT2D eigenvalue weighted by Gasteiger charge is 2.30. The summed E-state index contributed by atoms with van der Waals surface area (Å²) in [6.07, 6.45) is 3.62. The van der Waals surface area contributed by atoms with Crippen molar-refractivity contribution < 1.29 is 13.9 Å². The van der Waals surface area contributed by atoms with E-state index in [1.54, 1.807) is 0 Å². The van der Waals surface area contributed by atoms with Crippen molar-refractivity contribution in [1.29, 1.82) is 0 Å². The van der Waals surface area contributed by atoms with E-state index in [1.807, 2.05) is 13.0 Å². The fourth-order valence-electron chi connectivity index (χ4n) is 3.16. The monoisotopic (exact) mass is 280 g/mol. The van der Waals surface area contributed by atoms with Gasteiger partial charge in [0.25, 0.3) is 0 Å². The number of aryl methyl sites for hydroxylation is 1. The molecule has 2 unspecified atom stereocenters. The summed E-state index contributed by atoms with van der Waals surface area (Å²) in [5.41, 5.74) is 6.65. The van der Waals surface area contributed by atoms with Gasteiger partial charge in [-0.1, -0.05) is 6.42 Å². The van der Waals surface area contributed by atoms with Crippen LogP contribution in [0.25, 0.3) is 0 Å². The summed E-state index contributed by atoms with van der Waals surface area (Å²) in [5.74, 6) is 1.25. The number of esters is 1. The molecule has 2 rings (SSSR count). The SMILES string of the molecule is COC(=O)c1oc(CN(C)C2CCCC2CN)cc1C. The smallest absolute Gasteiger partial charge is 0.374 e. The summed E-state index contributed by atoms with van der Waals surface area (Å²) < 4.78 is 10.3. The Kier molecular flexibility index (Phi) is 4.83. The predicted octanol–water partition coefficient (Wildman–Crippen LogP) is 1.93. The molecule has 5 heteroatoms. The first-order valence-corrected chi connectivity index (χ1v) is 7.14. The first-order valence-electron chi connectivity index (χ1n) is 7.14. The van der Waals surface area contributed by atoms with Gasteiger partial charge in [-0.15, -0.1) is 0 Å². The van der Waals surface area contributed by atoms with E-state index in [-0.39, 0.29) is 0 Å². The van der Waals surface area contributed by atoms with Crippen molar-refractivity contribution in [2.45, 2.75) is 38.8 Å². The molecule has 1 aliphatic carbocycles. The molecule has 1 saturated carbocycles. The van der Waals surface area contributed by atoms with Crippen LogP contribution < -0.4 is 5.73 Å². The molecule has 0 radical (unpaired) electrons. The first-order chi connectivity index (χ1) is 9.56. The second-order valence-corrected chi connectivity index (χ2v) is 5.63. The van der Waals surface area contributed by atoms with Crippen LogP contribution in [0.2, 0.25) is 0 Å². The number of ether oxygens (including phenoxy) is 1. The van der Waals surface area contributed by atoms with Gasteiger partial charge in [0.15, 0.2) is 0 Å². The number of nitrogens with two attached hydrogens (primary N) is 1. The molecule has 20 heavy (non-hydrogen) atoms. The van der Waals surface area contributed by atoms with Gasteiger partial charge in [-0.2, -0.15) is 0 Å². The maximum absolute atomic E-state index is 11.5. The molecule has 1 heterocycles. The minimum atomic E-state index is -0.419. The maximum Gasteiger partial charge on any atom is 0.374 e.